The Labute approximate surface area is 125 Å². The quantitative estimate of drug-likeness (QED) is 0.797. The van der Waals surface area contributed by atoms with Gasteiger partial charge in [0, 0.05) is 13.7 Å². The van der Waals surface area contributed by atoms with Gasteiger partial charge < -0.3 is 4.74 Å². The van der Waals surface area contributed by atoms with Crippen LogP contribution in [-0.4, -0.2) is 27.8 Å². The fraction of sp³-hybridized carbons (Fsp3) is 0.733. The van der Waals surface area contributed by atoms with Gasteiger partial charge >= 0.3 is 0 Å². The number of aromatic nitrogens is 2. The molecule has 0 atom stereocenters. The third kappa shape index (κ3) is 2.77. The minimum absolute atomic E-state index is 0.0279. The molecule has 20 heavy (non-hydrogen) atoms. The maximum absolute atomic E-state index is 13.0. The molecular weight excluding hydrogens is 276 g/mol. The van der Waals surface area contributed by atoms with Gasteiger partial charge in [0.05, 0.1) is 11.2 Å². The minimum atomic E-state index is -0.734. The Morgan fingerprint density at radius 2 is 2.00 bits per heavy atom. The Morgan fingerprint density at radius 1 is 1.40 bits per heavy atom. The van der Waals surface area contributed by atoms with Crippen LogP contribution in [0, 0.1) is 5.41 Å². The van der Waals surface area contributed by atoms with Crippen molar-refractivity contribution in [2.75, 3.05) is 6.61 Å². The smallest absolute Gasteiger partial charge is 0.214 e. The molecule has 0 spiro atoms. The van der Waals surface area contributed by atoms with E-state index in [2.05, 4.69) is 18.9 Å². The van der Waals surface area contributed by atoms with Gasteiger partial charge in [0.25, 0.3) is 0 Å². The summed E-state index contributed by atoms with van der Waals surface area (Å²) in [4.78, 5) is 13.0. The molecule has 5 heteroatoms. The number of carbonyl (C=O) groups excluding carboxylic acids is 1. The Kier molecular flexibility index (Phi) is 4.26. The van der Waals surface area contributed by atoms with Crippen LogP contribution in [0.25, 0.3) is 0 Å². The van der Waals surface area contributed by atoms with E-state index in [1.54, 1.807) is 11.7 Å². The van der Waals surface area contributed by atoms with Crippen molar-refractivity contribution in [1.82, 2.24) is 9.78 Å². The number of nitrogens with zero attached hydrogens (tertiary/aromatic N) is 2. The molecule has 0 saturated heterocycles. The van der Waals surface area contributed by atoms with Crippen LogP contribution < -0.4 is 0 Å². The zero-order valence-corrected chi connectivity index (χ0v) is 13.5. The molecular formula is C15H23ClN2O2. The van der Waals surface area contributed by atoms with Crippen LogP contribution in [0.15, 0.2) is 6.20 Å². The molecule has 1 saturated carbocycles. The van der Waals surface area contributed by atoms with Crippen molar-refractivity contribution in [2.45, 2.75) is 52.1 Å². The summed E-state index contributed by atoms with van der Waals surface area (Å²) < 4.78 is 7.46. The van der Waals surface area contributed by atoms with Crippen molar-refractivity contribution in [3.05, 3.63) is 16.9 Å². The average Bonchev–Trinajstić information content (AvgIpc) is 2.71. The fourth-order valence-electron chi connectivity index (χ4n) is 2.93. The van der Waals surface area contributed by atoms with Crippen LogP contribution in [0.4, 0.5) is 0 Å². The summed E-state index contributed by atoms with van der Waals surface area (Å²) in [5.74, 6) is -0.0279. The van der Waals surface area contributed by atoms with Gasteiger partial charge in [-0.05, 0) is 38.0 Å². The van der Waals surface area contributed by atoms with Crippen LogP contribution >= 0.6 is 11.6 Å². The van der Waals surface area contributed by atoms with E-state index in [4.69, 9.17) is 16.3 Å². The predicted octanol–water partition coefficient (Wildman–Crippen LogP) is 3.63. The second kappa shape index (κ2) is 5.49. The van der Waals surface area contributed by atoms with Gasteiger partial charge in [-0.2, -0.15) is 5.10 Å². The van der Waals surface area contributed by atoms with E-state index in [-0.39, 0.29) is 11.2 Å². The molecule has 2 rings (SSSR count). The first-order valence-corrected chi connectivity index (χ1v) is 7.55. The van der Waals surface area contributed by atoms with Crippen molar-refractivity contribution in [3.63, 3.8) is 0 Å². The van der Waals surface area contributed by atoms with Crippen molar-refractivity contribution in [1.29, 1.82) is 0 Å². The molecule has 112 valence electrons. The van der Waals surface area contributed by atoms with Crippen molar-refractivity contribution < 1.29 is 9.53 Å². The highest BCUT2D eigenvalue weighted by atomic mass is 35.5. The molecule has 1 aromatic heterocycles. The lowest BCUT2D eigenvalue weighted by Crippen LogP contribution is -2.47. The van der Waals surface area contributed by atoms with E-state index in [1.807, 2.05) is 6.92 Å². The first-order chi connectivity index (χ1) is 9.31. The summed E-state index contributed by atoms with van der Waals surface area (Å²) in [5.41, 5.74) is -0.00132. The summed E-state index contributed by atoms with van der Waals surface area (Å²) in [6.45, 7) is 6.94. The second-order valence-electron chi connectivity index (χ2n) is 6.39. The van der Waals surface area contributed by atoms with Gasteiger partial charge in [-0.15, -0.1) is 0 Å². The lowest BCUT2D eigenvalue weighted by atomic mass is 9.69. The molecule has 1 aromatic rings. The molecule has 1 aliphatic carbocycles. The molecule has 0 aromatic carbocycles. The van der Waals surface area contributed by atoms with E-state index in [9.17, 15) is 4.79 Å². The van der Waals surface area contributed by atoms with E-state index >= 15 is 0 Å². The number of ether oxygens (including phenoxy) is 1. The Balaban J connectivity index is 2.32. The number of ketones is 1. The number of hydrogen-bond acceptors (Lipinski definition) is 3. The van der Waals surface area contributed by atoms with E-state index in [0.29, 0.717) is 17.3 Å². The summed E-state index contributed by atoms with van der Waals surface area (Å²) in [6.07, 6.45) is 4.96. The second-order valence-corrected chi connectivity index (χ2v) is 6.79. The van der Waals surface area contributed by atoms with Crippen LogP contribution in [0.2, 0.25) is 5.02 Å². The first kappa shape index (κ1) is 15.5. The van der Waals surface area contributed by atoms with E-state index in [1.165, 1.54) is 6.20 Å². The summed E-state index contributed by atoms with van der Waals surface area (Å²) >= 11 is 6.12. The SMILES string of the molecule is CCOC1(C(=O)c2c(Cl)cnn2C)CCC(C)(C)CC1. The number of aryl methyl sites for hydroxylation is 1. The third-order valence-corrected chi connectivity index (χ3v) is 4.63. The minimum Gasteiger partial charge on any atom is -0.367 e. The van der Waals surface area contributed by atoms with Gasteiger partial charge in [0.15, 0.2) is 0 Å². The van der Waals surface area contributed by atoms with Crippen molar-refractivity contribution >= 4 is 17.4 Å². The van der Waals surface area contributed by atoms with Gasteiger partial charge in [-0.25, -0.2) is 0 Å². The monoisotopic (exact) mass is 298 g/mol. The molecule has 4 nitrogen and oxygen atoms in total. The normalized spacial score (nSPS) is 20.9. The van der Waals surface area contributed by atoms with Crippen LogP contribution in [0.1, 0.15) is 56.9 Å². The third-order valence-electron chi connectivity index (χ3n) is 4.35. The molecule has 0 N–H and O–H groups in total. The van der Waals surface area contributed by atoms with Crippen molar-refractivity contribution in [2.24, 2.45) is 12.5 Å². The largest absolute Gasteiger partial charge is 0.367 e. The molecule has 0 aliphatic heterocycles. The van der Waals surface area contributed by atoms with Crippen LogP contribution in [0.5, 0.6) is 0 Å². The fourth-order valence-corrected chi connectivity index (χ4v) is 3.18. The van der Waals surface area contributed by atoms with E-state index < -0.39 is 5.60 Å². The van der Waals surface area contributed by atoms with Crippen molar-refractivity contribution in [3.8, 4) is 0 Å². The lowest BCUT2D eigenvalue weighted by molar-refractivity contribution is -0.0585. The summed E-state index contributed by atoms with van der Waals surface area (Å²) in [7, 11) is 1.74. The standard InChI is InChI=1S/C15H23ClN2O2/c1-5-20-15(8-6-14(2,3)7-9-15)13(19)12-11(16)10-17-18(12)4/h10H,5-9H2,1-4H3. The van der Waals surface area contributed by atoms with E-state index in [0.717, 1.165) is 25.7 Å². The Bertz CT molecular complexity index is 478. The molecule has 0 bridgehead atoms. The molecule has 0 radical (unpaired) electrons. The van der Waals surface area contributed by atoms with Gasteiger partial charge in [0.2, 0.25) is 5.78 Å². The first-order valence-electron chi connectivity index (χ1n) is 7.17. The predicted molar refractivity (Wildman–Crippen MR) is 79.2 cm³/mol. The highest BCUT2D eigenvalue weighted by Gasteiger charge is 2.46. The topological polar surface area (TPSA) is 44.1 Å². The molecule has 1 fully saturated rings. The Morgan fingerprint density at radius 3 is 2.45 bits per heavy atom. The van der Waals surface area contributed by atoms with Gasteiger partial charge in [0.1, 0.15) is 11.3 Å². The maximum Gasteiger partial charge on any atom is 0.214 e. The van der Waals surface area contributed by atoms with Gasteiger partial charge in [-0.1, -0.05) is 25.4 Å². The zero-order chi connectivity index (χ0) is 15.0. The van der Waals surface area contributed by atoms with Crippen LogP contribution in [0.3, 0.4) is 0 Å². The number of carbonyl (C=O) groups is 1. The average molecular weight is 299 g/mol. The zero-order valence-electron chi connectivity index (χ0n) is 12.7. The highest BCUT2D eigenvalue weighted by Crippen LogP contribution is 2.44. The number of hydrogen-bond donors (Lipinski definition) is 0. The summed E-state index contributed by atoms with van der Waals surface area (Å²) in [6, 6.07) is 0. The molecule has 1 aliphatic rings. The molecule has 1 heterocycles. The molecule has 0 amide bonds. The maximum atomic E-state index is 13.0. The number of rotatable bonds is 4. The van der Waals surface area contributed by atoms with Gasteiger partial charge in [-0.3, -0.25) is 9.48 Å². The number of halogens is 1. The Hall–Kier alpha value is -0.870. The highest BCUT2D eigenvalue weighted by molar-refractivity contribution is 6.34. The summed E-state index contributed by atoms with van der Waals surface area (Å²) in [5, 5.41) is 4.46. The number of Topliss-reactive ketones (excluding diaryl/α,β-unsaturated/α-hetero) is 1. The molecule has 0 unspecified atom stereocenters. The van der Waals surface area contributed by atoms with Crippen LogP contribution in [-0.2, 0) is 11.8 Å². The lowest BCUT2D eigenvalue weighted by Gasteiger charge is -2.42.